The van der Waals surface area contributed by atoms with Gasteiger partial charge < -0.3 is 24.8 Å². The molecule has 54 heavy (non-hydrogen) atoms. The standard InChI is InChI=1S/C43H80NO9P/c1-3-5-7-9-11-12-13-14-15-16-17-18-19-20-21-25-29-33-42(45)49-37-39(38-51-54(47,48)50-36-35-44)52-43(46)34-30-26-22-24-28-32-41-40(53-41)31-27-23-10-8-6-4-2/h14-15,23,27,39-41H,3-13,16-22,24-26,28-38,44H2,1-2H3,(H,47,48)/b15-14-,27-23-/t39-,40?,41?/m1/s1. The second-order valence-electron chi connectivity index (χ2n) is 14.9. The zero-order chi connectivity index (χ0) is 39.4. The van der Waals surface area contributed by atoms with Crippen LogP contribution in [0.3, 0.4) is 0 Å². The van der Waals surface area contributed by atoms with Crippen LogP contribution in [0.1, 0.15) is 194 Å². The Hall–Kier alpha value is -1.55. The van der Waals surface area contributed by atoms with Gasteiger partial charge in [-0.25, -0.2) is 4.57 Å². The van der Waals surface area contributed by atoms with Gasteiger partial charge in [0, 0.05) is 19.4 Å². The number of allylic oxidation sites excluding steroid dienone is 3. The Bertz CT molecular complexity index is 1010. The molecule has 0 aromatic heterocycles. The summed E-state index contributed by atoms with van der Waals surface area (Å²) in [6.07, 6.45) is 39.4. The van der Waals surface area contributed by atoms with Crippen LogP contribution in [0, 0.1) is 0 Å². The van der Waals surface area contributed by atoms with Crippen molar-refractivity contribution in [3.8, 4) is 0 Å². The first-order valence-corrected chi connectivity index (χ1v) is 23.4. The van der Waals surface area contributed by atoms with E-state index in [1.54, 1.807) is 0 Å². The minimum absolute atomic E-state index is 0.0483. The van der Waals surface area contributed by atoms with Crippen molar-refractivity contribution in [2.75, 3.05) is 26.4 Å². The van der Waals surface area contributed by atoms with Gasteiger partial charge in [0.05, 0.1) is 25.4 Å². The summed E-state index contributed by atoms with van der Waals surface area (Å²) >= 11 is 0. The van der Waals surface area contributed by atoms with Gasteiger partial charge >= 0.3 is 19.8 Å². The van der Waals surface area contributed by atoms with E-state index in [4.69, 9.17) is 29.0 Å². The SMILES string of the molecule is CCCCC/C=C\CC1OC1CCCCCCCC(=O)O[C@H](COC(=O)CCCCCCCCC/C=C\CCCCCCCC)COP(=O)(O)OCCN. The van der Waals surface area contributed by atoms with E-state index in [9.17, 15) is 19.0 Å². The number of hydrogen-bond donors (Lipinski definition) is 2. The molecule has 1 aliphatic heterocycles. The number of phosphoric acid groups is 1. The van der Waals surface area contributed by atoms with Gasteiger partial charge in [-0.05, 0) is 64.2 Å². The third kappa shape index (κ3) is 32.7. The van der Waals surface area contributed by atoms with E-state index < -0.39 is 32.5 Å². The van der Waals surface area contributed by atoms with Crippen LogP contribution in [0.2, 0.25) is 0 Å². The maximum absolute atomic E-state index is 12.6. The number of phosphoric ester groups is 1. The molecule has 1 rings (SSSR count). The normalized spacial score (nSPS) is 17.3. The Balaban J connectivity index is 2.18. The molecule has 0 aliphatic carbocycles. The molecule has 3 unspecified atom stereocenters. The number of unbranched alkanes of at least 4 members (excludes halogenated alkanes) is 20. The first-order chi connectivity index (χ1) is 26.3. The van der Waals surface area contributed by atoms with E-state index in [1.165, 1.54) is 83.5 Å². The van der Waals surface area contributed by atoms with Crippen molar-refractivity contribution in [3.05, 3.63) is 24.3 Å². The molecule has 0 aromatic carbocycles. The second-order valence-corrected chi connectivity index (χ2v) is 16.4. The fourth-order valence-electron chi connectivity index (χ4n) is 6.34. The van der Waals surface area contributed by atoms with E-state index in [2.05, 4.69) is 38.2 Å². The molecule has 0 spiro atoms. The van der Waals surface area contributed by atoms with E-state index in [0.29, 0.717) is 18.6 Å². The van der Waals surface area contributed by atoms with Crippen molar-refractivity contribution < 1.29 is 42.3 Å². The molecule has 0 radical (unpaired) electrons. The van der Waals surface area contributed by atoms with Gasteiger partial charge in [0.15, 0.2) is 6.10 Å². The van der Waals surface area contributed by atoms with Crippen molar-refractivity contribution in [1.82, 2.24) is 0 Å². The quantitative estimate of drug-likeness (QED) is 0.0202. The molecule has 1 aliphatic rings. The molecule has 10 nitrogen and oxygen atoms in total. The molecule has 1 fully saturated rings. The van der Waals surface area contributed by atoms with Gasteiger partial charge in [0.25, 0.3) is 0 Å². The Kier molecular flexibility index (Phi) is 33.5. The third-order valence-electron chi connectivity index (χ3n) is 9.73. The summed E-state index contributed by atoms with van der Waals surface area (Å²) in [7, 11) is -4.38. The van der Waals surface area contributed by atoms with E-state index >= 15 is 0 Å². The number of epoxide rings is 1. The lowest BCUT2D eigenvalue weighted by Gasteiger charge is -2.19. The van der Waals surface area contributed by atoms with E-state index in [-0.39, 0.29) is 32.6 Å². The topological polar surface area (TPSA) is 147 Å². The van der Waals surface area contributed by atoms with Gasteiger partial charge in [-0.15, -0.1) is 0 Å². The van der Waals surface area contributed by atoms with Crippen molar-refractivity contribution in [1.29, 1.82) is 0 Å². The van der Waals surface area contributed by atoms with Gasteiger partial charge in [0.2, 0.25) is 0 Å². The van der Waals surface area contributed by atoms with Crippen molar-refractivity contribution in [2.45, 2.75) is 212 Å². The predicted molar refractivity (Wildman–Crippen MR) is 219 cm³/mol. The molecule has 0 aromatic rings. The highest BCUT2D eigenvalue weighted by Gasteiger charge is 2.36. The molecule has 0 amide bonds. The highest BCUT2D eigenvalue weighted by atomic mass is 31.2. The van der Waals surface area contributed by atoms with Crippen LogP contribution in [-0.4, -0.2) is 61.5 Å². The van der Waals surface area contributed by atoms with Gasteiger partial charge in [-0.1, -0.05) is 141 Å². The van der Waals surface area contributed by atoms with Crippen LogP contribution >= 0.6 is 7.82 Å². The summed E-state index contributed by atoms with van der Waals surface area (Å²) in [4.78, 5) is 34.9. The van der Waals surface area contributed by atoms with Crippen molar-refractivity contribution >= 4 is 19.8 Å². The van der Waals surface area contributed by atoms with Crippen LogP contribution in [0.5, 0.6) is 0 Å². The van der Waals surface area contributed by atoms with Crippen molar-refractivity contribution in [2.24, 2.45) is 5.73 Å². The van der Waals surface area contributed by atoms with E-state index in [1.807, 2.05) is 0 Å². The monoisotopic (exact) mass is 786 g/mol. The van der Waals surface area contributed by atoms with Crippen LogP contribution in [0.4, 0.5) is 0 Å². The Morgan fingerprint density at radius 1 is 0.648 bits per heavy atom. The Morgan fingerprint density at radius 2 is 1.15 bits per heavy atom. The summed E-state index contributed by atoms with van der Waals surface area (Å²) < 4.78 is 38.6. The number of rotatable bonds is 40. The molecule has 316 valence electrons. The van der Waals surface area contributed by atoms with Crippen LogP contribution in [-0.2, 0) is 37.4 Å². The van der Waals surface area contributed by atoms with Gasteiger partial charge in [-0.2, -0.15) is 0 Å². The summed E-state index contributed by atoms with van der Waals surface area (Å²) in [5.41, 5.74) is 5.35. The highest BCUT2D eigenvalue weighted by Crippen LogP contribution is 2.43. The van der Waals surface area contributed by atoms with Gasteiger partial charge in [0.1, 0.15) is 6.61 Å². The summed E-state index contributed by atoms with van der Waals surface area (Å²) in [6.45, 7) is 3.67. The number of esters is 2. The Labute approximate surface area is 329 Å². The first kappa shape index (κ1) is 50.5. The first-order valence-electron chi connectivity index (χ1n) is 21.9. The maximum Gasteiger partial charge on any atom is 0.472 e. The van der Waals surface area contributed by atoms with Gasteiger partial charge in [-0.3, -0.25) is 18.6 Å². The summed E-state index contributed by atoms with van der Waals surface area (Å²) in [5.74, 6) is -0.853. The molecule has 11 heteroatoms. The van der Waals surface area contributed by atoms with Crippen LogP contribution in [0.25, 0.3) is 0 Å². The lowest BCUT2D eigenvalue weighted by Crippen LogP contribution is -2.29. The minimum atomic E-state index is -4.38. The molecule has 3 N–H and O–H groups in total. The average Bonchev–Trinajstić information content (AvgIpc) is 3.91. The zero-order valence-corrected chi connectivity index (χ0v) is 35.3. The summed E-state index contributed by atoms with van der Waals surface area (Å²) in [5, 5.41) is 0. The van der Waals surface area contributed by atoms with Crippen molar-refractivity contribution in [3.63, 3.8) is 0 Å². The van der Waals surface area contributed by atoms with Crippen LogP contribution < -0.4 is 5.73 Å². The van der Waals surface area contributed by atoms with E-state index in [0.717, 1.165) is 77.0 Å². The fraction of sp³-hybridized carbons (Fsp3) is 0.860. The zero-order valence-electron chi connectivity index (χ0n) is 34.4. The minimum Gasteiger partial charge on any atom is -0.462 e. The fourth-order valence-corrected chi connectivity index (χ4v) is 7.11. The molecule has 0 saturated carbocycles. The largest absolute Gasteiger partial charge is 0.472 e. The van der Waals surface area contributed by atoms with Crippen LogP contribution in [0.15, 0.2) is 24.3 Å². The number of nitrogens with two attached hydrogens (primary N) is 1. The number of hydrogen-bond acceptors (Lipinski definition) is 9. The smallest absolute Gasteiger partial charge is 0.462 e. The predicted octanol–water partition coefficient (Wildman–Crippen LogP) is 11.4. The maximum atomic E-state index is 12.6. The lowest BCUT2D eigenvalue weighted by molar-refractivity contribution is -0.161. The number of carbonyl (C=O) groups is 2. The molecule has 1 heterocycles. The second kappa shape index (κ2) is 35.8. The molecular weight excluding hydrogens is 705 g/mol. The molecule has 0 bridgehead atoms. The molecule has 4 atom stereocenters. The summed E-state index contributed by atoms with van der Waals surface area (Å²) in [6, 6.07) is 0. The number of carbonyl (C=O) groups excluding carboxylic acids is 2. The Morgan fingerprint density at radius 3 is 1.76 bits per heavy atom. The molecular formula is C43H80NO9P. The number of ether oxygens (including phenoxy) is 3. The third-order valence-corrected chi connectivity index (χ3v) is 10.7. The highest BCUT2D eigenvalue weighted by molar-refractivity contribution is 7.47. The molecule has 1 saturated heterocycles. The lowest BCUT2D eigenvalue weighted by atomic mass is 10.1. The average molecular weight is 786 g/mol.